The molecule has 1 heterocycles. The van der Waals surface area contributed by atoms with Crippen LogP contribution < -0.4 is 0 Å². The molecule has 3 aromatic carbocycles. The topological polar surface area (TPSA) is 23.8 Å². The summed E-state index contributed by atoms with van der Waals surface area (Å²) in [7, 11) is 0. The molecular formula is C22H14FNS. The Morgan fingerprint density at radius 2 is 1.68 bits per heavy atom. The van der Waals surface area contributed by atoms with Gasteiger partial charge in [0.25, 0.3) is 0 Å². The number of hydrogen-bond donors (Lipinski definition) is 0. The summed E-state index contributed by atoms with van der Waals surface area (Å²) in [4.78, 5) is 2.55. The van der Waals surface area contributed by atoms with Gasteiger partial charge in [-0.05, 0) is 64.6 Å². The average molecular weight is 343 g/mol. The third-order valence-electron chi connectivity index (χ3n) is 4.42. The highest BCUT2D eigenvalue weighted by Gasteiger charge is 2.17. The van der Waals surface area contributed by atoms with Gasteiger partial charge < -0.3 is 0 Å². The third-order valence-corrected chi connectivity index (χ3v) is 5.66. The van der Waals surface area contributed by atoms with E-state index >= 15 is 0 Å². The van der Waals surface area contributed by atoms with Gasteiger partial charge in [-0.15, -0.1) is 0 Å². The van der Waals surface area contributed by atoms with Gasteiger partial charge in [0.1, 0.15) is 11.9 Å². The second kappa shape index (κ2) is 6.23. The summed E-state index contributed by atoms with van der Waals surface area (Å²) in [6.07, 6.45) is 0.890. The van der Waals surface area contributed by atoms with Gasteiger partial charge in [-0.2, -0.15) is 5.26 Å². The number of rotatable bonds is 2. The predicted octanol–water partition coefficient (Wildman–Crippen LogP) is 5.81. The molecule has 1 aliphatic rings. The van der Waals surface area contributed by atoms with E-state index in [-0.39, 0.29) is 5.56 Å². The molecule has 0 amide bonds. The van der Waals surface area contributed by atoms with Crippen LogP contribution in [0.2, 0.25) is 0 Å². The first-order valence-corrected chi connectivity index (χ1v) is 8.75. The molecule has 4 rings (SSSR count). The Morgan fingerprint density at radius 1 is 0.960 bits per heavy atom. The summed E-state index contributed by atoms with van der Waals surface area (Å²) < 4.78 is 13.9. The molecule has 120 valence electrons. The molecule has 0 N–H and O–H groups in total. The standard InChI is InChI=1S/C22H14FNS/c1-14(16-6-7-18(13-24)20(23)12-16)15-8-9-22-19(10-15)11-17-4-2-3-5-21(17)25-22/h2-10,12H,1,11H2. The highest BCUT2D eigenvalue weighted by molar-refractivity contribution is 7.99. The first-order valence-electron chi connectivity index (χ1n) is 7.93. The fraction of sp³-hybridized carbons (Fsp3) is 0.0455. The van der Waals surface area contributed by atoms with E-state index in [0.29, 0.717) is 5.56 Å². The van der Waals surface area contributed by atoms with E-state index in [9.17, 15) is 4.39 Å². The summed E-state index contributed by atoms with van der Waals surface area (Å²) in [5.41, 5.74) is 5.07. The lowest BCUT2D eigenvalue weighted by atomic mass is 9.95. The number of nitriles is 1. The van der Waals surface area contributed by atoms with E-state index in [1.54, 1.807) is 17.8 Å². The minimum absolute atomic E-state index is 0.0509. The van der Waals surface area contributed by atoms with E-state index in [1.165, 1.54) is 33.1 Å². The van der Waals surface area contributed by atoms with Crippen LogP contribution in [0.5, 0.6) is 0 Å². The van der Waals surface area contributed by atoms with Gasteiger partial charge >= 0.3 is 0 Å². The van der Waals surface area contributed by atoms with Crippen molar-refractivity contribution in [2.45, 2.75) is 16.2 Å². The van der Waals surface area contributed by atoms with Crippen molar-refractivity contribution in [2.75, 3.05) is 0 Å². The maximum atomic E-state index is 13.9. The Labute approximate surface area is 150 Å². The van der Waals surface area contributed by atoms with Gasteiger partial charge in [0.2, 0.25) is 0 Å². The van der Waals surface area contributed by atoms with E-state index in [1.807, 2.05) is 12.1 Å². The molecule has 3 heteroatoms. The molecule has 1 aliphatic heterocycles. The highest BCUT2D eigenvalue weighted by Crippen LogP contribution is 2.40. The van der Waals surface area contributed by atoms with Crippen molar-refractivity contribution < 1.29 is 4.39 Å². The molecule has 0 bridgehead atoms. The van der Waals surface area contributed by atoms with E-state index < -0.39 is 5.82 Å². The third kappa shape index (κ3) is 2.86. The minimum atomic E-state index is -0.511. The monoisotopic (exact) mass is 343 g/mol. The zero-order valence-corrected chi connectivity index (χ0v) is 14.2. The molecule has 0 saturated heterocycles. The first kappa shape index (κ1) is 15.7. The van der Waals surface area contributed by atoms with Crippen LogP contribution in [-0.2, 0) is 6.42 Å². The van der Waals surface area contributed by atoms with Crippen molar-refractivity contribution in [2.24, 2.45) is 0 Å². The van der Waals surface area contributed by atoms with Crippen LogP contribution >= 0.6 is 11.8 Å². The maximum absolute atomic E-state index is 13.9. The molecule has 0 fully saturated rings. The fourth-order valence-electron chi connectivity index (χ4n) is 3.04. The van der Waals surface area contributed by atoms with Gasteiger partial charge in [-0.25, -0.2) is 4.39 Å². The molecule has 0 atom stereocenters. The molecule has 0 saturated carbocycles. The van der Waals surface area contributed by atoms with Gasteiger partial charge in [0.15, 0.2) is 0 Å². The number of benzene rings is 3. The van der Waals surface area contributed by atoms with Crippen molar-refractivity contribution in [1.82, 2.24) is 0 Å². The minimum Gasteiger partial charge on any atom is -0.206 e. The predicted molar refractivity (Wildman–Crippen MR) is 99.1 cm³/mol. The van der Waals surface area contributed by atoms with Crippen LogP contribution in [-0.4, -0.2) is 0 Å². The Morgan fingerprint density at radius 3 is 2.48 bits per heavy atom. The zero-order valence-electron chi connectivity index (χ0n) is 13.4. The SMILES string of the molecule is C=C(c1ccc(C#N)c(F)c1)c1ccc2c(c1)Cc1ccccc1S2. The number of nitrogens with zero attached hydrogens (tertiary/aromatic N) is 1. The maximum Gasteiger partial charge on any atom is 0.141 e. The molecule has 0 radical (unpaired) electrons. The van der Waals surface area contributed by atoms with Crippen molar-refractivity contribution in [3.8, 4) is 6.07 Å². The van der Waals surface area contributed by atoms with E-state index in [2.05, 4.69) is 43.0 Å². The van der Waals surface area contributed by atoms with Crippen LogP contribution in [0.1, 0.15) is 27.8 Å². The highest BCUT2D eigenvalue weighted by atomic mass is 32.2. The second-order valence-electron chi connectivity index (χ2n) is 5.99. The van der Waals surface area contributed by atoms with Crippen molar-refractivity contribution in [3.63, 3.8) is 0 Å². The lowest BCUT2D eigenvalue weighted by molar-refractivity contribution is 0.623. The van der Waals surface area contributed by atoms with Gasteiger partial charge in [-0.1, -0.05) is 48.7 Å². The molecule has 0 aliphatic carbocycles. The Kier molecular flexibility index (Phi) is 3.91. The lowest BCUT2D eigenvalue weighted by Gasteiger charge is -2.20. The second-order valence-corrected chi connectivity index (χ2v) is 7.08. The number of fused-ring (bicyclic) bond motifs is 2. The summed E-state index contributed by atoms with van der Waals surface area (Å²) in [6, 6.07) is 21.2. The summed E-state index contributed by atoms with van der Waals surface area (Å²) in [5.74, 6) is -0.511. The molecule has 1 nitrogen and oxygen atoms in total. The van der Waals surface area contributed by atoms with E-state index in [0.717, 1.165) is 17.6 Å². The number of hydrogen-bond acceptors (Lipinski definition) is 2. The van der Waals surface area contributed by atoms with Crippen LogP contribution in [0.25, 0.3) is 5.57 Å². The first-order chi connectivity index (χ1) is 12.2. The largest absolute Gasteiger partial charge is 0.206 e. The summed E-state index contributed by atoms with van der Waals surface area (Å²) in [6.45, 7) is 4.13. The van der Waals surface area contributed by atoms with Gasteiger partial charge in [0, 0.05) is 9.79 Å². The molecule has 0 aromatic heterocycles. The Balaban J connectivity index is 1.68. The van der Waals surface area contributed by atoms with Crippen LogP contribution in [0.4, 0.5) is 4.39 Å². The normalized spacial score (nSPS) is 12.0. The van der Waals surface area contributed by atoms with Crippen molar-refractivity contribution >= 4 is 17.3 Å². The Bertz CT molecular complexity index is 1050. The molecular weight excluding hydrogens is 329 g/mol. The van der Waals surface area contributed by atoms with Gasteiger partial charge in [-0.3, -0.25) is 0 Å². The average Bonchev–Trinajstić information content (AvgIpc) is 2.65. The van der Waals surface area contributed by atoms with Crippen molar-refractivity contribution in [3.05, 3.63) is 101 Å². The fourth-order valence-corrected chi connectivity index (χ4v) is 4.09. The van der Waals surface area contributed by atoms with Crippen LogP contribution in [0.15, 0.2) is 77.0 Å². The molecule has 0 spiro atoms. The smallest absolute Gasteiger partial charge is 0.141 e. The Hall–Kier alpha value is -2.83. The molecule has 0 unspecified atom stereocenters. The van der Waals surface area contributed by atoms with Crippen LogP contribution in [0, 0.1) is 17.1 Å². The molecule has 25 heavy (non-hydrogen) atoms. The van der Waals surface area contributed by atoms with E-state index in [4.69, 9.17) is 5.26 Å². The summed E-state index contributed by atoms with van der Waals surface area (Å²) in [5, 5.41) is 8.86. The van der Waals surface area contributed by atoms with Crippen LogP contribution in [0.3, 0.4) is 0 Å². The summed E-state index contributed by atoms with van der Waals surface area (Å²) >= 11 is 1.78. The lowest BCUT2D eigenvalue weighted by Crippen LogP contribution is -2.00. The number of halogens is 1. The quantitative estimate of drug-likeness (QED) is 0.458. The molecule has 3 aromatic rings. The van der Waals surface area contributed by atoms with Gasteiger partial charge in [0.05, 0.1) is 5.56 Å². The zero-order chi connectivity index (χ0) is 17.4. The van der Waals surface area contributed by atoms with Crippen molar-refractivity contribution in [1.29, 1.82) is 5.26 Å².